The quantitative estimate of drug-likeness (QED) is 0.413. The Morgan fingerprint density at radius 3 is 2.63 bits per heavy atom. The molecule has 3 rings (SSSR count). The molecule has 1 amide bonds. The summed E-state index contributed by atoms with van der Waals surface area (Å²) >= 11 is 0. The van der Waals surface area contributed by atoms with Crippen LogP contribution in [0.3, 0.4) is 0 Å². The van der Waals surface area contributed by atoms with Gasteiger partial charge in [-0.25, -0.2) is 0 Å². The Labute approximate surface area is 175 Å². The number of rotatable bonds is 6. The molecule has 164 valence electrons. The maximum atomic E-state index is 12.5. The van der Waals surface area contributed by atoms with E-state index in [0.29, 0.717) is 12.2 Å². The molecule has 1 aliphatic carbocycles. The molecule has 2 aliphatic rings. The largest absolute Gasteiger partial charge is 0.394 e. The van der Waals surface area contributed by atoms with Crippen LogP contribution in [0.4, 0.5) is 0 Å². The van der Waals surface area contributed by atoms with Gasteiger partial charge in [0.25, 0.3) is 5.91 Å². The first kappa shape index (κ1) is 22.7. The van der Waals surface area contributed by atoms with Crippen molar-refractivity contribution in [2.75, 3.05) is 6.61 Å². The van der Waals surface area contributed by atoms with Crippen LogP contribution < -0.4 is 5.32 Å². The van der Waals surface area contributed by atoms with Crippen LogP contribution in [0, 0.1) is 11.8 Å². The summed E-state index contributed by atoms with van der Waals surface area (Å²) < 4.78 is 10.9. The van der Waals surface area contributed by atoms with Gasteiger partial charge in [0.2, 0.25) is 0 Å². The number of carbonyl (C=O) groups excluding carboxylic acids is 1. The molecule has 8 heteroatoms. The summed E-state index contributed by atoms with van der Waals surface area (Å²) in [5, 5.41) is 41.6. The van der Waals surface area contributed by atoms with Crippen molar-refractivity contribution >= 4 is 5.91 Å². The molecule has 6 atom stereocenters. The molecule has 5 N–H and O–H groups in total. The lowest BCUT2D eigenvalue weighted by molar-refractivity contribution is -0.252. The Morgan fingerprint density at radius 2 is 1.90 bits per heavy atom. The van der Waals surface area contributed by atoms with E-state index in [2.05, 4.69) is 17.2 Å². The Morgan fingerprint density at radius 1 is 1.13 bits per heavy atom. The van der Waals surface area contributed by atoms with Crippen molar-refractivity contribution in [3.63, 3.8) is 0 Å². The predicted molar refractivity (Wildman–Crippen MR) is 107 cm³/mol. The second kappa shape index (κ2) is 10.9. The molecule has 1 aliphatic heterocycles. The van der Waals surface area contributed by atoms with Crippen molar-refractivity contribution < 1.29 is 34.7 Å². The summed E-state index contributed by atoms with van der Waals surface area (Å²) in [5.74, 6) is 5.76. The van der Waals surface area contributed by atoms with Crippen molar-refractivity contribution in [2.45, 2.75) is 75.5 Å². The maximum Gasteiger partial charge on any atom is 0.251 e. The summed E-state index contributed by atoms with van der Waals surface area (Å²) in [5.41, 5.74) is 1.22. The zero-order valence-corrected chi connectivity index (χ0v) is 16.7. The molecule has 1 saturated heterocycles. The van der Waals surface area contributed by atoms with E-state index in [1.807, 2.05) is 0 Å². The highest BCUT2D eigenvalue weighted by Gasteiger charge is 2.44. The average Bonchev–Trinajstić information content (AvgIpc) is 2.73. The first-order valence-corrected chi connectivity index (χ1v) is 10.3. The Hall–Kier alpha value is -1.99. The molecule has 1 fully saturated rings. The van der Waals surface area contributed by atoms with E-state index in [-0.39, 0.29) is 6.10 Å². The molecule has 1 aromatic rings. The monoisotopic (exact) mass is 419 g/mol. The smallest absolute Gasteiger partial charge is 0.251 e. The number of hydrogen-bond donors (Lipinski definition) is 5. The highest BCUT2D eigenvalue weighted by molar-refractivity contribution is 5.94. The number of ether oxygens (including phenoxy) is 2. The second-order valence-corrected chi connectivity index (χ2v) is 7.65. The molecule has 0 radical (unpaired) electrons. The molecule has 1 heterocycles. The normalized spacial score (nSPS) is 31.7. The summed E-state index contributed by atoms with van der Waals surface area (Å²) in [4.78, 5) is 12.5. The van der Waals surface area contributed by atoms with E-state index in [0.717, 1.165) is 31.2 Å². The predicted octanol–water partition coefficient (Wildman–Crippen LogP) is 0.0690. The van der Waals surface area contributed by atoms with E-state index < -0.39 is 43.2 Å². The van der Waals surface area contributed by atoms with Gasteiger partial charge in [0.05, 0.1) is 13.2 Å². The third-order valence-corrected chi connectivity index (χ3v) is 5.40. The van der Waals surface area contributed by atoms with Gasteiger partial charge < -0.3 is 35.2 Å². The zero-order valence-electron chi connectivity index (χ0n) is 16.7. The van der Waals surface area contributed by atoms with Gasteiger partial charge in [0.15, 0.2) is 6.29 Å². The number of hydrogen-bond acceptors (Lipinski definition) is 7. The number of aliphatic hydroxyl groups is 4. The Balaban J connectivity index is 1.54. The number of benzene rings is 1. The lowest BCUT2D eigenvalue weighted by Gasteiger charge is -2.40. The minimum absolute atomic E-state index is 0.0725. The van der Waals surface area contributed by atoms with Crippen LogP contribution in [0.15, 0.2) is 24.3 Å². The first-order chi connectivity index (χ1) is 14.5. The average molecular weight is 419 g/mol. The van der Waals surface area contributed by atoms with Gasteiger partial charge in [-0.2, -0.15) is 0 Å². The standard InChI is InChI=1S/C22H29NO7/c24-12-17-19(25)20(26)18(22(28)30-17)23-21(27)15-10-8-14(9-11-15)13-29-16-6-4-2-1-3-5-7-16/h8-11,16-20,22,24-26,28H,1-4,6,12-13H2,(H,23,27)/t16?,17-,18-,19-,20-,22?/m1/s1. The van der Waals surface area contributed by atoms with E-state index >= 15 is 0 Å². The summed E-state index contributed by atoms with van der Waals surface area (Å²) in [6, 6.07) is 5.55. The SMILES string of the molecule is O=C(N[C@H]1C(O)O[C@H](CO)[C@@H](O)[C@@H]1O)c1ccc(COC2C#CCCCCC2)cc1. The topological polar surface area (TPSA) is 128 Å². The van der Waals surface area contributed by atoms with Crippen LogP contribution in [-0.2, 0) is 16.1 Å². The van der Waals surface area contributed by atoms with Crippen LogP contribution in [0.5, 0.6) is 0 Å². The molecule has 8 nitrogen and oxygen atoms in total. The van der Waals surface area contributed by atoms with Gasteiger partial charge in [-0.05, 0) is 37.0 Å². The fraction of sp³-hybridized carbons (Fsp3) is 0.591. The van der Waals surface area contributed by atoms with E-state index in [1.54, 1.807) is 24.3 Å². The van der Waals surface area contributed by atoms with Crippen molar-refractivity contribution in [2.24, 2.45) is 0 Å². The van der Waals surface area contributed by atoms with E-state index in [9.17, 15) is 20.1 Å². The van der Waals surface area contributed by atoms with Gasteiger partial charge in [-0.1, -0.05) is 24.5 Å². The molecular formula is C22H29NO7. The van der Waals surface area contributed by atoms with Crippen LogP contribution in [0.1, 0.15) is 48.0 Å². The van der Waals surface area contributed by atoms with Crippen LogP contribution in [-0.4, -0.2) is 69.7 Å². The minimum Gasteiger partial charge on any atom is -0.394 e. The molecule has 1 aromatic carbocycles. The van der Waals surface area contributed by atoms with Gasteiger partial charge in [0.1, 0.15) is 30.5 Å². The number of nitrogens with one attached hydrogen (secondary N) is 1. The summed E-state index contributed by atoms with van der Waals surface area (Å²) in [7, 11) is 0. The van der Waals surface area contributed by atoms with Crippen LogP contribution >= 0.6 is 0 Å². The number of amides is 1. The van der Waals surface area contributed by atoms with E-state index in [4.69, 9.17) is 14.6 Å². The van der Waals surface area contributed by atoms with E-state index in [1.165, 1.54) is 6.42 Å². The van der Waals surface area contributed by atoms with Gasteiger partial charge in [-0.15, -0.1) is 5.92 Å². The number of aliphatic hydroxyl groups excluding tert-OH is 4. The zero-order chi connectivity index (χ0) is 21.5. The Kier molecular flexibility index (Phi) is 8.22. The van der Waals surface area contributed by atoms with Gasteiger partial charge >= 0.3 is 0 Å². The first-order valence-electron chi connectivity index (χ1n) is 10.3. The summed E-state index contributed by atoms with van der Waals surface area (Å²) in [6.07, 6.45) is -0.400. The highest BCUT2D eigenvalue weighted by Crippen LogP contribution is 2.20. The fourth-order valence-electron chi connectivity index (χ4n) is 3.54. The van der Waals surface area contributed by atoms with Crippen molar-refractivity contribution in [1.29, 1.82) is 0 Å². The molecule has 0 spiro atoms. The van der Waals surface area contributed by atoms with Crippen molar-refractivity contribution in [3.05, 3.63) is 35.4 Å². The van der Waals surface area contributed by atoms with Crippen molar-refractivity contribution in [1.82, 2.24) is 5.32 Å². The van der Waals surface area contributed by atoms with Gasteiger partial charge in [0, 0.05) is 12.0 Å². The Bertz CT molecular complexity index is 757. The van der Waals surface area contributed by atoms with Gasteiger partial charge in [-0.3, -0.25) is 4.79 Å². The number of carbonyl (C=O) groups is 1. The van der Waals surface area contributed by atoms with Crippen molar-refractivity contribution in [3.8, 4) is 11.8 Å². The molecule has 30 heavy (non-hydrogen) atoms. The lowest BCUT2D eigenvalue weighted by atomic mass is 9.96. The third-order valence-electron chi connectivity index (χ3n) is 5.40. The fourth-order valence-corrected chi connectivity index (χ4v) is 3.54. The van der Waals surface area contributed by atoms with Crippen LogP contribution in [0.25, 0.3) is 0 Å². The minimum atomic E-state index is -1.55. The second-order valence-electron chi connectivity index (χ2n) is 7.65. The summed E-state index contributed by atoms with van der Waals surface area (Å²) in [6.45, 7) is -0.171. The molecular weight excluding hydrogens is 390 g/mol. The lowest BCUT2D eigenvalue weighted by Crippen LogP contribution is -2.64. The molecule has 0 bridgehead atoms. The maximum absolute atomic E-state index is 12.5. The molecule has 2 unspecified atom stereocenters. The van der Waals surface area contributed by atoms with Crippen LogP contribution in [0.2, 0.25) is 0 Å². The molecule has 0 aromatic heterocycles. The molecule has 0 saturated carbocycles. The third kappa shape index (κ3) is 5.79. The highest BCUT2D eigenvalue weighted by atomic mass is 16.6.